The number of aliphatic carboxylic acids is 1. The zero-order valence-electron chi connectivity index (χ0n) is 16.2. The maximum absolute atomic E-state index is 13.1. The molecule has 10 heteroatoms. The molecule has 3 saturated heterocycles. The van der Waals surface area contributed by atoms with E-state index in [4.69, 9.17) is 14.6 Å². The number of nitrogens with zero attached hydrogens (tertiary/aromatic N) is 2. The molecule has 6 nitrogen and oxygen atoms in total. The quantitative estimate of drug-likeness (QED) is 0.792. The Labute approximate surface area is 171 Å². The second-order valence-corrected chi connectivity index (χ2v) is 8.75. The lowest BCUT2D eigenvalue weighted by molar-refractivity contribution is -0.192. The fraction of sp³-hybridized carbons (Fsp3) is 0.684. The number of hydrogen-bond donors (Lipinski definition) is 1. The summed E-state index contributed by atoms with van der Waals surface area (Å²) in [5.41, 5.74) is 0.934. The van der Waals surface area contributed by atoms with Crippen LogP contribution in [-0.2, 0) is 14.3 Å². The number of thiophene rings is 1. The number of ether oxygens (including phenoxy) is 1. The van der Waals surface area contributed by atoms with Crippen molar-refractivity contribution in [3.05, 3.63) is 16.8 Å². The third-order valence-electron chi connectivity index (χ3n) is 6.03. The number of rotatable bonds is 3. The lowest BCUT2D eigenvalue weighted by atomic mass is 9.78. The normalized spacial score (nSPS) is 30.1. The van der Waals surface area contributed by atoms with E-state index in [2.05, 4.69) is 28.7 Å². The van der Waals surface area contributed by atoms with Crippen molar-refractivity contribution in [3.8, 4) is 0 Å². The van der Waals surface area contributed by atoms with Gasteiger partial charge in [0.05, 0.1) is 17.7 Å². The van der Waals surface area contributed by atoms with Crippen LogP contribution in [0.5, 0.6) is 0 Å². The van der Waals surface area contributed by atoms with Gasteiger partial charge >= 0.3 is 12.1 Å². The molecule has 0 aromatic carbocycles. The number of carbonyl (C=O) groups excluding carboxylic acids is 1. The van der Waals surface area contributed by atoms with Crippen molar-refractivity contribution in [2.45, 2.75) is 25.9 Å². The summed E-state index contributed by atoms with van der Waals surface area (Å²) < 4.78 is 37.2. The smallest absolute Gasteiger partial charge is 0.475 e. The zero-order chi connectivity index (χ0) is 21.2. The molecule has 3 aliphatic rings. The number of carbonyl (C=O) groups is 2. The van der Waals surface area contributed by atoms with Crippen molar-refractivity contribution < 1.29 is 32.6 Å². The van der Waals surface area contributed by atoms with Crippen LogP contribution in [0.1, 0.15) is 19.8 Å². The molecule has 3 aliphatic heterocycles. The summed E-state index contributed by atoms with van der Waals surface area (Å²) in [6.45, 7) is 8.03. The molecule has 3 atom stereocenters. The maximum atomic E-state index is 13.1. The van der Waals surface area contributed by atoms with E-state index < -0.39 is 12.1 Å². The molecule has 0 bridgehead atoms. The van der Waals surface area contributed by atoms with Crippen LogP contribution in [0.15, 0.2) is 16.8 Å². The van der Waals surface area contributed by atoms with Crippen LogP contribution in [0.25, 0.3) is 0 Å². The van der Waals surface area contributed by atoms with Gasteiger partial charge < -0.3 is 19.6 Å². The molecule has 1 aromatic rings. The van der Waals surface area contributed by atoms with Gasteiger partial charge in [0.2, 0.25) is 5.91 Å². The first kappa shape index (κ1) is 22.0. The van der Waals surface area contributed by atoms with Crippen LogP contribution in [0, 0.1) is 17.3 Å². The summed E-state index contributed by atoms with van der Waals surface area (Å²) in [5.74, 6) is -1.30. The van der Waals surface area contributed by atoms with Crippen LogP contribution in [-0.4, -0.2) is 67.5 Å². The number of anilines is 1. The fourth-order valence-corrected chi connectivity index (χ4v) is 5.10. The van der Waals surface area contributed by atoms with Crippen LogP contribution < -0.4 is 4.90 Å². The van der Waals surface area contributed by atoms with Gasteiger partial charge in [-0.1, -0.05) is 6.92 Å². The highest BCUT2D eigenvalue weighted by Gasteiger charge is 2.55. The number of alkyl halides is 3. The molecule has 0 radical (unpaired) electrons. The van der Waals surface area contributed by atoms with E-state index in [0.717, 1.165) is 51.5 Å². The van der Waals surface area contributed by atoms with E-state index >= 15 is 0 Å². The van der Waals surface area contributed by atoms with Gasteiger partial charge in [-0.05, 0) is 36.1 Å². The molecule has 3 fully saturated rings. The maximum Gasteiger partial charge on any atom is 0.490 e. The Bertz CT molecular complexity index is 722. The Hall–Kier alpha value is -1.65. The second kappa shape index (κ2) is 8.61. The molecule has 162 valence electrons. The first-order chi connectivity index (χ1) is 13.6. The highest BCUT2D eigenvalue weighted by atomic mass is 32.1. The summed E-state index contributed by atoms with van der Waals surface area (Å²) in [5, 5.41) is 11.3. The van der Waals surface area contributed by atoms with Crippen LogP contribution in [0.2, 0.25) is 0 Å². The Morgan fingerprint density at radius 3 is 2.72 bits per heavy atom. The molecule has 1 amide bonds. The summed E-state index contributed by atoms with van der Waals surface area (Å²) in [6.07, 6.45) is -2.91. The monoisotopic (exact) mass is 434 g/mol. The van der Waals surface area contributed by atoms with Crippen molar-refractivity contribution in [1.82, 2.24) is 4.90 Å². The Kier molecular flexibility index (Phi) is 6.54. The third-order valence-corrected chi connectivity index (χ3v) is 6.71. The number of amides is 1. The largest absolute Gasteiger partial charge is 0.490 e. The van der Waals surface area contributed by atoms with Crippen molar-refractivity contribution in [3.63, 3.8) is 0 Å². The number of carboxylic acids is 1. The molecule has 1 N–H and O–H groups in total. The van der Waals surface area contributed by atoms with E-state index in [9.17, 15) is 18.0 Å². The number of halogens is 3. The fourth-order valence-electron chi connectivity index (χ4n) is 4.46. The minimum absolute atomic E-state index is 0.151. The van der Waals surface area contributed by atoms with Crippen molar-refractivity contribution in [2.75, 3.05) is 44.3 Å². The first-order valence-corrected chi connectivity index (χ1v) is 10.5. The Morgan fingerprint density at radius 1 is 1.45 bits per heavy atom. The van der Waals surface area contributed by atoms with E-state index in [0.29, 0.717) is 17.7 Å². The number of carboxylic acid groups (broad SMARTS) is 1. The van der Waals surface area contributed by atoms with Crippen LogP contribution in [0.3, 0.4) is 0 Å². The lowest BCUT2D eigenvalue weighted by Crippen LogP contribution is -2.40. The van der Waals surface area contributed by atoms with Gasteiger partial charge in [-0.3, -0.25) is 4.79 Å². The molecular formula is C19H25F3N2O4S. The summed E-state index contributed by atoms with van der Waals surface area (Å²) in [4.78, 5) is 26.5. The third kappa shape index (κ3) is 4.75. The van der Waals surface area contributed by atoms with E-state index in [1.165, 1.54) is 6.42 Å². The van der Waals surface area contributed by atoms with E-state index in [-0.39, 0.29) is 5.41 Å². The van der Waals surface area contributed by atoms with Crippen LogP contribution in [0.4, 0.5) is 18.9 Å². The Morgan fingerprint density at radius 2 is 2.17 bits per heavy atom. The van der Waals surface area contributed by atoms with Gasteiger partial charge in [0.1, 0.15) is 0 Å². The predicted molar refractivity (Wildman–Crippen MR) is 102 cm³/mol. The van der Waals surface area contributed by atoms with Crippen molar-refractivity contribution in [1.29, 1.82) is 0 Å². The number of likely N-dealkylation sites (tertiary alicyclic amines) is 1. The first-order valence-electron chi connectivity index (χ1n) is 9.58. The molecule has 0 saturated carbocycles. The molecule has 1 spiro atoms. The molecule has 29 heavy (non-hydrogen) atoms. The molecular weight excluding hydrogens is 409 g/mol. The summed E-state index contributed by atoms with van der Waals surface area (Å²) >= 11 is 1.66. The zero-order valence-corrected chi connectivity index (χ0v) is 17.0. The summed E-state index contributed by atoms with van der Waals surface area (Å²) in [7, 11) is 0. The minimum atomic E-state index is -5.08. The van der Waals surface area contributed by atoms with Gasteiger partial charge in [-0.15, -0.1) is 0 Å². The standard InChI is InChI=1S/C17H24N2O2S.C2HF3O2/c1-13-8-18(9-14-2-6-21-10-14)12-17(13)4-5-19(16(17)20)15-3-7-22-11-15;3-2(4,5)1(6)7/h3,7,11,13-14H,2,4-6,8-10,12H2,1H3;(H,6,7)/t13-,14?,17-;/m1./s1. The average molecular weight is 434 g/mol. The molecule has 4 rings (SSSR count). The molecule has 1 aromatic heterocycles. The van der Waals surface area contributed by atoms with Gasteiger partial charge in [-0.25, -0.2) is 4.79 Å². The highest BCUT2D eigenvalue weighted by molar-refractivity contribution is 7.08. The van der Waals surface area contributed by atoms with E-state index in [1.54, 1.807) is 11.3 Å². The van der Waals surface area contributed by atoms with Gasteiger partial charge in [0.25, 0.3) is 0 Å². The van der Waals surface area contributed by atoms with Crippen molar-refractivity contribution >= 4 is 28.9 Å². The summed E-state index contributed by atoms with van der Waals surface area (Å²) in [6, 6.07) is 2.06. The number of hydrogen-bond acceptors (Lipinski definition) is 5. The molecule has 0 aliphatic carbocycles. The predicted octanol–water partition coefficient (Wildman–Crippen LogP) is 3.09. The lowest BCUT2D eigenvalue weighted by Gasteiger charge is -2.27. The Balaban J connectivity index is 0.000000298. The SMILES string of the molecule is C[C@@H]1CN(CC2CCOC2)C[C@]12CCN(c1ccsc1)C2=O.O=C(O)C(F)(F)F. The van der Waals surface area contributed by atoms with Gasteiger partial charge in [0.15, 0.2) is 0 Å². The molecule has 4 heterocycles. The van der Waals surface area contributed by atoms with Gasteiger partial charge in [0, 0.05) is 38.2 Å². The minimum Gasteiger partial charge on any atom is -0.475 e. The molecule has 1 unspecified atom stereocenters. The average Bonchev–Trinajstić information content (AvgIpc) is 3.40. The van der Waals surface area contributed by atoms with Gasteiger partial charge in [-0.2, -0.15) is 24.5 Å². The topological polar surface area (TPSA) is 70.1 Å². The van der Waals surface area contributed by atoms with Crippen molar-refractivity contribution in [2.24, 2.45) is 17.3 Å². The van der Waals surface area contributed by atoms with E-state index in [1.807, 2.05) is 4.90 Å². The second-order valence-electron chi connectivity index (χ2n) is 7.97. The van der Waals surface area contributed by atoms with Crippen LogP contribution >= 0.6 is 11.3 Å². The highest BCUT2D eigenvalue weighted by Crippen LogP contribution is 2.46.